The van der Waals surface area contributed by atoms with Crippen molar-refractivity contribution in [1.82, 2.24) is 15.5 Å². The van der Waals surface area contributed by atoms with Crippen LogP contribution in [0.5, 0.6) is 0 Å². The number of H-pyrrole nitrogens is 1. The number of anilines is 1. The van der Waals surface area contributed by atoms with Crippen LogP contribution < -0.4 is 10.0 Å². The van der Waals surface area contributed by atoms with Crippen molar-refractivity contribution in [2.45, 2.75) is 38.3 Å². The molecule has 1 aromatic carbocycles. The predicted molar refractivity (Wildman–Crippen MR) is 82.6 cm³/mol. The highest BCUT2D eigenvalue weighted by Gasteiger charge is 2.18. The molecule has 0 spiro atoms. The highest BCUT2D eigenvalue weighted by atomic mass is 32.2. The van der Waals surface area contributed by atoms with Crippen molar-refractivity contribution in [2.24, 2.45) is 0 Å². The first-order chi connectivity index (χ1) is 9.88. The van der Waals surface area contributed by atoms with Crippen molar-refractivity contribution in [3.05, 3.63) is 41.7 Å². The van der Waals surface area contributed by atoms with Crippen LogP contribution in [0.4, 0.5) is 5.69 Å². The zero-order valence-electron chi connectivity index (χ0n) is 12.3. The number of aryl methyl sites for hydroxylation is 1. The number of rotatable bonds is 6. The first-order valence-electron chi connectivity index (χ1n) is 6.73. The molecule has 2 rings (SSSR count). The maximum atomic E-state index is 12.2. The fourth-order valence-electron chi connectivity index (χ4n) is 1.83. The van der Waals surface area contributed by atoms with E-state index in [4.69, 9.17) is 0 Å². The summed E-state index contributed by atoms with van der Waals surface area (Å²) in [5.74, 6) is 0. The summed E-state index contributed by atoms with van der Waals surface area (Å²) in [7, 11) is -3.60. The molecule has 0 atom stereocenters. The molecule has 0 bridgehead atoms. The van der Waals surface area contributed by atoms with Crippen LogP contribution in [-0.2, 0) is 16.6 Å². The average molecular weight is 308 g/mol. The van der Waals surface area contributed by atoms with Gasteiger partial charge in [0.2, 0.25) is 0 Å². The van der Waals surface area contributed by atoms with Gasteiger partial charge in [-0.3, -0.25) is 9.82 Å². The third-order valence-corrected chi connectivity index (χ3v) is 4.49. The molecule has 21 heavy (non-hydrogen) atoms. The predicted octanol–water partition coefficient (Wildman–Crippen LogP) is 2.02. The number of aromatic nitrogens is 2. The lowest BCUT2D eigenvalue weighted by Gasteiger charge is -2.10. The van der Waals surface area contributed by atoms with E-state index in [1.165, 1.54) is 6.20 Å². The van der Waals surface area contributed by atoms with Gasteiger partial charge in [-0.15, -0.1) is 0 Å². The van der Waals surface area contributed by atoms with Crippen LogP contribution in [-0.4, -0.2) is 24.7 Å². The van der Waals surface area contributed by atoms with Crippen LogP contribution in [0, 0.1) is 6.92 Å². The number of hydrogen-bond acceptors (Lipinski definition) is 4. The zero-order valence-corrected chi connectivity index (χ0v) is 13.2. The van der Waals surface area contributed by atoms with Crippen LogP contribution in [0.2, 0.25) is 0 Å². The molecule has 0 amide bonds. The van der Waals surface area contributed by atoms with Crippen molar-refractivity contribution in [3.8, 4) is 0 Å². The van der Waals surface area contributed by atoms with Crippen LogP contribution in [0.1, 0.15) is 25.1 Å². The smallest absolute Gasteiger partial charge is 0.265 e. The van der Waals surface area contributed by atoms with Crippen LogP contribution in [0.25, 0.3) is 0 Å². The first-order valence-corrected chi connectivity index (χ1v) is 8.22. The van der Waals surface area contributed by atoms with E-state index in [9.17, 15) is 8.42 Å². The van der Waals surface area contributed by atoms with E-state index in [0.717, 1.165) is 12.1 Å². The highest BCUT2D eigenvalue weighted by Crippen LogP contribution is 2.18. The molecule has 0 fully saturated rings. The average Bonchev–Trinajstić information content (AvgIpc) is 2.84. The SMILES string of the molecule is Cc1[nH]ncc1S(=O)(=O)Nc1ccc(CNC(C)C)cc1. The van der Waals surface area contributed by atoms with E-state index in [1.807, 2.05) is 12.1 Å². The molecule has 6 nitrogen and oxygen atoms in total. The standard InChI is InChI=1S/C14H20N4O2S/c1-10(2)15-8-12-4-6-13(7-5-12)18-21(19,20)14-9-16-17-11(14)3/h4-7,9-10,15,18H,8H2,1-3H3,(H,16,17). The van der Waals surface area contributed by atoms with Crippen LogP contribution in [0.3, 0.4) is 0 Å². The van der Waals surface area contributed by atoms with Gasteiger partial charge >= 0.3 is 0 Å². The van der Waals surface area contributed by atoms with Crippen molar-refractivity contribution in [1.29, 1.82) is 0 Å². The molecule has 0 saturated heterocycles. The van der Waals surface area contributed by atoms with E-state index >= 15 is 0 Å². The van der Waals surface area contributed by atoms with Crippen LogP contribution in [0.15, 0.2) is 35.4 Å². The van der Waals surface area contributed by atoms with Gasteiger partial charge in [-0.2, -0.15) is 5.10 Å². The third-order valence-electron chi connectivity index (χ3n) is 2.99. The second-order valence-corrected chi connectivity index (χ2v) is 6.85. The van der Waals surface area contributed by atoms with Crippen molar-refractivity contribution >= 4 is 15.7 Å². The minimum atomic E-state index is -3.60. The van der Waals surface area contributed by atoms with Gasteiger partial charge in [-0.1, -0.05) is 26.0 Å². The molecule has 3 N–H and O–H groups in total. The molecule has 2 aromatic rings. The Bertz CT molecular complexity index is 690. The molecule has 7 heteroatoms. The molecular formula is C14H20N4O2S. The lowest BCUT2D eigenvalue weighted by molar-refractivity contribution is 0.589. The monoisotopic (exact) mass is 308 g/mol. The van der Waals surface area contributed by atoms with Crippen molar-refractivity contribution in [2.75, 3.05) is 4.72 Å². The fraction of sp³-hybridized carbons (Fsp3) is 0.357. The summed E-state index contributed by atoms with van der Waals surface area (Å²) < 4.78 is 26.9. The second kappa shape index (κ2) is 6.28. The topological polar surface area (TPSA) is 86.9 Å². The Kier molecular flexibility index (Phi) is 4.64. The molecule has 0 aliphatic carbocycles. The summed E-state index contributed by atoms with van der Waals surface area (Å²) in [4.78, 5) is 0.160. The summed E-state index contributed by atoms with van der Waals surface area (Å²) in [6.45, 7) is 6.58. The maximum absolute atomic E-state index is 12.2. The largest absolute Gasteiger partial charge is 0.310 e. The molecule has 114 valence electrons. The van der Waals surface area contributed by atoms with Gasteiger partial charge in [0.05, 0.1) is 11.9 Å². The number of aromatic amines is 1. The van der Waals surface area contributed by atoms with E-state index in [1.54, 1.807) is 19.1 Å². The minimum absolute atomic E-state index is 0.160. The summed E-state index contributed by atoms with van der Waals surface area (Å²) in [5.41, 5.74) is 2.15. The molecule has 0 radical (unpaired) electrons. The molecule has 0 aliphatic heterocycles. The number of sulfonamides is 1. The Morgan fingerprint density at radius 1 is 1.24 bits per heavy atom. The van der Waals surface area contributed by atoms with Gasteiger partial charge in [0.25, 0.3) is 10.0 Å². The molecule has 1 heterocycles. The van der Waals surface area contributed by atoms with Gasteiger partial charge in [-0.25, -0.2) is 8.42 Å². The lowest BCUT2D eigenvalue weighted by Crippen LogP contribution is -2.21. The Balaban J connectivity index is 2.08. The van der Waals surface area contributed by atoms with Gasteiger partial charge in [-0.05, 0) is 24.6 Å². The summed E-state index contributed by atoms with van der Waals surface area (Å²) in [6, 6.07) is 7.71. The molecule has 0 unspecified atom stereocenters. The van der Waals surface area contributed by atoms with E-state index in [2.05, 4.69) is 34.1 Å². The second-order valence-electron chi connectivity index (χ2n) is 5.20. The minimum Gasteiger partial charge on any atom is -0.310 e. The molecule has 1 aromatic heterocycles. The van der Waals surface area contributed by atoms with E-state index < -0.39 is 10.0 Å². The van der Waals surface area contributed by atoms with Gasteiger partial charge < -0.3 is 5.32 Å². The Labute approximate surface area is 125 Å². The fourth-order valence-corrected chi connectivity index (χ4v) is 3.03. The van der Waals surface area contributed by atoms with Crippen molar-refractivity contribution < 1.29 is 8.42 Å². The number of benzene rings is 1. The highest BCUT2D eigenvalue weighted by molar-refractivity contribution is 7.92. The Morgan fingerprint density at radius 3 is 2.43 bits per heavy atom. The number of nitrogens with one attached hydrogen (secondary N) is 3. The summed E-state index contributed by atoms with van der Waals surface area (Å²) in [5, 5.41) is 9.66. The lowest BCUT2D eigenvalue weighted by atomic mass is 10.2. The van der Waals surface area contributed by atoms with Crippen molar-refractivity contribution in [3.63, 3.8) is 0 Å². The Hall–Kier alpha value is -1.86. The van der Waals surface area contributed by atoms with Crippen LogP contribution >= 0.6 is 0 Å². The third kappa shape index (κ3) is 4.05. The Morgan fingerprint density at radius 2 is 1.90 bits per heavy atom. The number of nitrogens with zero attached hydrogens (tertiary/aromatic N) is 1. The van der Waals surface area contributed by atoms with E-state index in [-0.39, 0.29) is 4.90 Å². The molecule has 0 saturated carbocycles. The van der Waals surface area contributed by atoms with Gasteiger partial charge in [0.1, 0.15) is 4.90 Å². The van der Waals surface area contributed by atoms with Gasteiger partial charge in [0, 0.05) is 18.3 Å². The number of hydrogen-bond donors (Lipinski definition) is 3. The first kappa shape index (κ1) is 15.5. The molecule has 0 aliphatic rings. The van der Waals surface area contributed by atoms with E-state index in [0.29, 0.717) is 17.4 Å². The maximum Gasteiger partial charge on any atom is 0.265 e. The quantitative estimate of drug-likeness (QED) is 0.762. The summed E-state index contributed by atoms with van der Waals surface area (Å²) in [6.07, 6.45) is 1.30. The van der Waals surface area contributed by atoms with Gasteiger partial charge in [0.15, 0.2) is 0 Å². The molecular weight excluding hydrogens is 288 g/mol. The normalized spacial score (nSPS) is 11.8. The zero-order chi connectivity index (χ0) is 15.5. The summed E-state index contributed by atoms with van der Waals surface area (Å²) >= 11 is 0.